The number of rotatable bonds is 10. The third-order valence-corrected chi connectivity index (χ3v) is 5.97. The van der Waals surface area contributed by atoms with Crippen LogP contribution in [0.2, 0.25) is 0 Å². The number of aryl methyl sites for hydroxylation is 2. The van der Waals surface area contributed by atoms with Crippen LogP contribution in [0.15, 0.2) is 36.4 Å². The molecule has 0 saturated heterocycles. The Hall–Kier alpha value is -2.30. The Labute approximate surface area is 191 Å². The van der Waals surface area contributed by atoms with Crippen molar-refractivity contribution in [1.29, 1.82) is 0 Å². The molecule has 0 aliphatic carbocycles. The molecule has 32 heavy (non-hydrogen) atoms. The number of ether oxygens (including phenoxy) is 1. The van der Waals surface area contributed by atoms with Crippen LogP contribution >= 0.6 is 7.60 Å². The van der Waals surface area contributed by atoms with Gasteiger partial charge in [-0.1, -0.05) is 49.6 Å². The van der Waals surface area contributed by atoms with Crippen LogP contribution in [0.5, 0.6) is 11.5 Å². The second-order valence-electron chi connectivity index (χ2n) is 9.11. The molecule has 1 atom stereocenters. The number of unbranched alkanes of at least 4 members (excludes halogenated alkanes) is 2. The van der Waals surface area contributed by atoms with E-state index >= 15 is 0 Å². The molecule has 0 aliphatic heterocycles. The van der Waals surface area contributed by atoms with Crippen LogP contribution in [0.1, 0.15) is 58.1 Å². The third-order valence-electron chi connectivity index (χ3n) is 4.87. The van der Waals surface area contributed by atoms with E-state index in [-0.39, 0.29) is 11.5 Å². The van der Waals surface area contributed by atoms with E-state index < -0.39 is 25.8 Å². The summed E-state index contributed by atoms with van der Waals surface area (Å²) in [7, 11) is -3.64. The molecule has 0 spiro atoms. The minimum Gasteiger partial charge on any atom is -0.507 e. The van der Waals surface area contributed by atoms with Gasteiger partial charge in [-0.15, -0.1) is 0 Å². The van der Waals surface area contributed by atoms with Crippen molar-refractivity contribution in [3.05, 3.63) is 47.5 Å². The van der Waals surface area contributed by atoms with Crippen LogP contribution in [0.4, 0.5) is 0 Å². The Kier molecular flexibility index (Phi) is 8.94. The second kappa shape index (κ2) is 11.0. The average Bonchev–Trinajstić information content (AvgIpc) is 2.66. The van der Waals surface area contributed by atoms with Crippen LogP contribution in [0, 0.1) is 12.3 Å². The molecule has 2 aromatic carbocycles. The van der Waals surface area contributed by atoms with Crippen molar-refractivity contribution in [3.8, 4) is 22.6 Å². The van der Waals surface area contributed by atoms with Gasteiger partial charge >= 0.3 is 13.6 Å². The molecule has 0 aliphatic rings. The van der Waals surface area contributed by atoms with Gasteiger partial charge in [-0.2, -0.15) is 0 Å². The average molecular weight is 463 g/mol. The quantitative estimate of drug-likeness (QED) is 0.180. The number of benzene rings is 2. The van der Waals surface area contributed by atoms with Gasteiger partial charge in [-0.3, -0.25) is 9.32 Å². The van der Waals surface area contributed by atoms with Crippen molar-refractivity contribution in [2.24, 2.45) is 5.41 Å². The van der Waals surface area contributed by atoms with Crippen molar-refractivity contribution in [1.82, 2.24) is 0 Å². The van der Waals surface area contributed by atoms with E-state index in [1.165, 1.54) is 6.66 Å². The topological polar surface area (TPSA) is 82.1 Å². The molecule has 0 amide bonds. The molecule has 2 rings (SSSR count). The summed E-state index contributed by atoms with van der Waals surface area (Å²) < 4.78 is 29.2. The lowest BCUT2D eigenvalue weighted by Gasteiger charge is -2.21. The normalized spacial score (nSPS) is 13.4. The van der Waals surface area contributed by atoms with Gasteiger partial charge in [0.2, 0.25) is 6.79 Å². The highest BCUT2D eigenvalue weighted by molar-refractivity contribution is 7.53. The Morgan fingerprint density at radius 3 is 2.47 bits per heavy atom. The van der Waals surface area contributed by atoms with Gasteiger partial charge in [-0.05, 0) is 63.8 Å². The fourth-order valence-electron chi connectivity index (χ4n) is 3.14. The third kappa shape index (κ3) is 7.68. The predicted molar refractivity (Wildman–Crippen MR) is 127 cm³/mol. The van der Waals surface area contributed by atoms with Crippen molar-refractivity contribution in [3.63, 3.8) is 0 Å². The van der Waals surface area contributed by atoms with Crippen LogP contribution in [0.25, 0.3) is 11.1 Å². The van der Waals surface area contributed by atoms with E-state index in [1.54, 1.807) is 32.9 Å². The zero-order valence-electron chi connectivity index (χ0n) is 19.9. The molecule has 6 nitrogen and oxygen atoms in total. The summed E-state index contributed by atoms with van der Waals surface area (Å²) in [4.78, 5) is 11.9. The Balaban J connectivity index is 2.31. The molecule has 1 unspecified atom stereocenters. The summed E-state index contributed by atoms with van der Waals surface area (Å²) in [5, 5.41) is 10.8. The largest absolute Gasteiger partial charge is 0.507 e. The lowest BCUT2D eigenvalue weighted by molar-refractivity contribution is -0.159. The molecule has 0 bridgehead atoms. The predicted octanol–water partition coefficient (Wildman–Crippen LogP) is 6.87. The number of esters is 1. The number of phenolic OH excluding ortho intramolecular Hbond substituents is 1. The molecular weight excluding hydrogens is 427 g/mol. The Bertz CT molecular complexity index is 977. The van der Waals surface area contributed by atoms with Crippen LogP contribution in [-0.2, 0) is 25.0 Å². The van der Waals surface area contributed by atoms with E-state index in [9.17, 15) is 14.5 Å². The van der Waals surface area contributed by atoms with E-state index in [2.05, 4.69) is 6.92 Å². The fourth-order valence-corrected chi connectivity index (χ4v) is 3.94. The zero-order valence-corrected chi connectivity index (χ0v) is 20.8. The summed E-state index contributed by atoms with van der Waals surface area (Å²) in [5.74, 6) is -0.137. The van der Waals surface area contributed by atoms with Crippen LogP contribution in [0.3, 0.4) is 0 Å². The molecule has 2 aromatic rings. The maximum atomic E-state index is 13.0. The number of aromatic hydroxyl groups is 1. The Morgan fingerprint density at radius 2 is 1.84 bits per heavy atom. The van der Waals surface area contributed by atoms with Crippen molar-refractivity contribution >= 4 is 13.6 Å². The summed E-state index contributed by atoms with van der Waals surface area (Å²) in [5.41, 5.74) is 2.41. The molecule has 0 heterocycles. The smallest absolute Gasteiger partial charge is 0.379 e. The second-order valence-corrected chi connectivity index (χ2v) is 11.1. The molecular formula is C25H35O6P. The standard InChI is InChI=1S/C25H35O6P/c1-7-8-9-12-19-15-21(26)23(20-13-10-11-18(2)14-20)22(16-19)31-32(6,28)30-17-29-24(27)25(3,4)5/h10-11,13-16,26H,7-9,12,17H2,1-6H3. The van der Waals surface area contributed by atoms with Gasteiger partial charge in [0, 0.05) is 0 Å². The van der Waals surface area contributed by atoms with Crippen molar-refractivity contribution in [2.45, 2.75) is 60.3 Å². The van der Waals surface area contributed by atoms with Crippen LogP contribution < -0.4 is 4.52 Å². The Morgan fingerprint density at radius 1 is 1.12 bits per heavy atom. The first-order chi connectivity index (χ1) is 14.9. The summed E-state index contributed by atoms with van der Waals surface area (Å²) in [6.07, 6.45) is 3.90. The summed E-state index contributed by atoms with van der Waals surface area (Å²) in [6, 6.07) is 11.2. The molecule has 0 saturated carbocycles. The summed E-state index contributed by atoms with van der Waals surface area (Å²) in [6.45, 7) is 10.1. The lowest BCUT2D eigenvalue weighted by Crippen LogP contribution is -2.23. The number of carbonyl (C=O) groups excluding carboxylic acids is 1. The zero-order chi connectivity index (χ0) is 23.9. The van der Waals surface area contributed by atoms with Gasteiger partial charge in [-0.25, -0.2) is 4.57 Å². The monoisotopic (exact) mass is 462 g/mol. The number of carbonyl (C=O) groups is 1. The van der Waals surface area contributed by atoms with Crippen LogP contribution in [-0.4, -0.2) is 24.5 Å². The SMILES string of the molecule is CCCCCc1cc(O)c(-c2cccc(C)c2)c(OP(C)(=O)OCOC(=O)C(C)(C)C)c1. The molecule has 176 valence electrons. The minimum atomic E-state index is -3.64. The highest BCUT2D eigenvalue weighted by Gasteiger charge is 2.27. The van der Waals surface area contributed by atoms with E-state index in [0.29, 0.717) is 5.56 Å². The molecule has 7 heteroatoms. The number of hydrogen-bond acceptors (Lipinski definition) is 6. The number of hydrogen-bond donors (Lipinski definition) is 1. The van der Waals surface area contributed by atoms with E-state index in [4.69, 9.17) is 13.8 Å². The maximum Gasteiger partial charge on any atom is 0.379 e. The van der Waals surface area contributed by atoms with Gasteiger partial charge in [0.05, 0.1) is 17.6 Å². The molecule has 0 aromatic heterocycles. The highest BCUT2D eigenvalue weighted by Crippen LogP contribution is 2.50. The first-order valence-electron chi connectivity index (χ1n) is 10.9. The van der Waals surface area contributed by atoms with E-state index in [0.717, 1.165) is 42.4 Å². The van der Waals surface area contributed by atoms with Gasteiger partial charge < -0.3 is 14.4 Å². The minimum absolute atomic E-state index is 0.0544. The molecule has 0 radical (unpaired) electrons. The summed E-state index contributed by atoms with van der Waals surface area (Å²) >= 11 is 0. The van der Waals surface area contributed by atoms with Gasteiger partial charge in [0.15, 0.2) is 0 Å². The van der Waals surface area contributed by atoms with Crippen molar-refractivity contribution < 1.29 is 28.3 Å². The first kappa shape index (κ1) is 26.0. The van der Waals surface area contributed by atoms with Crippen molar-refractivity contribution in [2.75, 3.05) is 13.5 Å². The highest BCUT2D eigenvalue weighted by atomic mass is 31.2. The first-order valence-corrected chi connectivity index (χ1v) is 12.9. The van der Waals surface area contributed by atoms with E-state index in [1.807, 2.05) is 31.2 Å². The number of phenols is 1. The molecule has 1 N–H and O–H groups in total. The van der Waals surface area contributed by atoms with Gasteiger partial charge in [0.1, 0.15) is 11.5 Å². The fraction of sp³-hybridized carbons (Fsp3) is 0.480. The maximum absolute atomic E-state index is 13.0. The van der Waals surface area contributed by atoms with Gasteiger partial charge in [0.25, 0.3) is 0 Å². The lowest BCUT2D eigenvalue weighted by atomic mass is 9.98. The molecule has 0 fully saturated rings.